The van der Waals surface area contributed by atoms with Crippen molar-refractivity contribution in [1.29, 1.82) is 0 Å². The molecule has 0 aliphatic carbocycles. The van der Waals surface area contributed by atoms with Crippen LogP contribution in [-0.4, -0.2) is 76.6 Å². The van der Waals surface area contributed by atoms with Gasteiger partial charge in [-0.1, -0.05) is 30.3 Å². The summed E-state index contributed by atoms with van der Waals surface area (Å²) in [6.45, 7) is 6.62. The molecule has 232 valence electrons. The van der Waals surface area contributed by atoms with Crippen LogP contribution in [0, 0.1) is 6.92 Å². The maximum Gasteiger partial charge on any atom is 0.274 e. The first-order chi connectivity index (χ1) is 21.9. The molecule has 4 heterocycles. The van der Waals surface area contributed by atoms with Crippen LogP contribution in [0.15, 0.2) is 83.9 Å². The van der Waals surface area contributed by atoms with E-state index in [1.54, 1.807) is 49.8 Å². The number of morpholine rings is 1. The number of nitrogens with zero attached hydrogens (tertiary/aromatic N) is 4. The lowest BCUT2D eigenvalue weighted by Crippen LogP contribution is -2.49. The monoisotopic (exact) mass is 606 g/mol. The molecule has 2 saturated heterocycles. The van der Waals surface area contributed by atoms with Crippen LogP contribution in [0.3, 0.4) is 0 Å². The van der Waals surface area contributed by atoms with E-state index in [4.69, 9.17) is 4.74 Å². The lowest BCUT2D eigenvalue weighted by Gasteiger charge is -2.34. The first kappa shape index (κ1) is 30.2. The second-order valence-electron chi connectivity index (χ2n) is 11.7. The number of hydrogen-bond donors (Lipinski definition) is 2. The van der Waals surface area contributed by atoms with Gasteiger partial charge >= 0.3 is 0 Å². The zero-order valence-electron chi connectivity index (χ0n) is 25.7. The molecule has 2 aliphatic rings. The van der Waals surface area contributed by atoms with E-state index in [1.165, 1.54) is 17.4 Å². The highest BCUT2D eigenvalue weighted by atomic mass is 16.5. The fourth-order valence-electron chi connectivity index (χ4n) is 6.00. The van der Waals surface area contributed by atoms with Crippen molar-refractivity contribution in [2.75, 3.05) is 50.0 Å². The molecule has 0 bridgehead atoms. The molecule has 0 radical (unpaired) electrons. The van der Waals surface area contributed by atoms with Gasteiger partial charge < -0.3 is 29.7 Å². The summed E-state index contributed by atoms with van der Waals surface area (Å²) in [6.07, 6.45) is 5.78. The van der Waals surface area contributed by atoms with E-state index in [0.717, 1.165) is 36.3 Å². The SMILES string of the molecule is Cc1c(NC(=O)c2ccccc2)cccc1-c1cc(Nc2ccc(C(=O)N3CCOC(CN4CCCC4)C3)cn2)c(=O)n(C)c1. The molecule has 2 fully saturated rings. The molecule has 2 amide bonds. The highest BCUT2D eigenvalue weighted by molar-refractivity contribution is 6.05. The summed E-state index contributed by atoms with van der Waals surface area (Å²) >= 11 is 0. The van der Waals surface area contributed by atoms with Crippen molar-refractivity contribution in [2.45, 2.75) is 25.9 Å². The van der Waals surface area contributed by atoms with Crippen LogP contribution < -0.4 is 16.2 Å². The van der Waals surface area contributed by atoms with Crippen molar-refractivity contribution >= 4 is 29.0 Å². The molecular formula is C35H38N6O4. The summed E-state index contributed by atoms with van der Waals surface area (Å²) in [6, 6.07) is 20.0. The Morgan fingerprint density at radius 3 is 2.51 bits per heavy atom. The van der Waals surface area contributed by atoms with Crippen LogP contribution >= 0.6 is 0 Å². The normalized spacial score (nSPS) is 16.8. The second-order valence-corrected chi connectivity index (χ2v) is 11.7. The van der Waals surface area contributed by atoms with Gasteiger partial charge in [0.25, 0.3) is 17.4 Å². The number of pyridine rings is 2. The molecule has 1 atom stereocenters. The number of hydrogen-bond acceptors (Lipinski definition) is 7. The lowest BCUT2D eigenvalue weighted by atomic mass is 10.00. The molecule has 0 spiro atoms. The summed E-state index contributed by atoms with van der Waals surface area (Å²) in [5, 5.41) is 6.14. The van der Waals surface area contributed by atoms with Crippen molar-refractivity contribution in [3.05, 3.63) is 106 Å². The van der Waals surface area contributed by atoms with E-state index < -0.39 is 0 Å². The molecule has 6 rings (SSSR count). The van der Waals surface area contributed by atoms with Gasteiger partial charge in [-0.2, -0.15) is 0 Å². The van der Waals surface area contributed by atoms with Gasteiger partial charge in [-0.3, -0.25) is 14.4 Å². The summed E-state index contributed by atoms with van der Waals surface area (Å²) in [5.41, 5.74) is 4.43. The molecule has 1 unspecified atom stereocenters. The Balaban J connectivity index is 1.16. The predicted molar refractivity (Wildman–Crippen MR) is 175 cm³/mol. The predicted octanol–water partition coefficient (Wildman–Crippen LogP) is 4.69. The van der Waals surface area contributed by atoms with E-state index in [0.29, 0.717) is 48.0 Å². The Hall–Kier alpha value is -4.80. The third-order valence-electron chi connectivity index (χ3n) is 8.47. The van der Waals surface area contributed by atoms with Crippen LogP contribution in [0.4, 0.5) is 17.2 Å². The van der Waals surface area contributed by atoms with Crippen molar-refractivity contribution in [3.8, 4) is 11.1 Å². The van der Waals surface area contributed by atoms with Gasteiger partial charge in [0.1, 0.15) is 11.5 Å². The van der Waals surface area contributed by atoms with Gasteiger partial charge in [0.2, 0.25) is 0 Å². The largest absolute Gasteiger partial charge is 0.373 e. The quantitative estimate of drug-likeness (QED) is 0.300. The van der Waals surface area contributed by atoms with E-state index in [9.17, 15) is 14.4 Å². The Morgan fingerprint density at radius 2 is 1.76 bits per heavy atom. The minimum atomic E-state index is -0.218. The summed E-state index contributed by atoms with van der Waals surface area (Å²) in [4.78, 5) is 47.9. The van der Waals surface area contributed by atoms with Gasteiger partial charge in [0.15, 0.2) is 0 Å². The average Bonchev–Trinajstić information content (AvgIpc) is 3.58. The maximum atomic E-state index is 13.3. The number of aromatic nitrogens is 2. The number of anilines is 3. The number of ether oxygens (including phenoxy) is 1. The summed E-state index contributed by atoms with van der Waals surface area (Å²) in [7, 11) is 1.70. The van der Waals surface area contributed by atoms with Crippen LogP contribution in [0.1, 0.15) is 39.1 Å². The van der Waals surface area contributed by atoms with Gasteiger partial charge in [-0.15, -0.1) is 0 Å². The Labute approximate surface area is 262 Å². The standard InChI is InChI=1S/C35H38N6O4/c1-24-29(11-8-12-30(24)38-33(42)25-9-4-3-5-10-25)27-19-31(35(44)39(2)21-27)37-32-14-13-26(20-36-32)34(43)41-17-18-45-28(23-41)22-40-15-6-7-16-40/h3-5,8-14,19-21,28H,6-7,15-18,22-23H2,1-2H3,(H,36,37)(H,38,42). The van der Waals surface area contributed by atoms with Gasteiger partial charge in [0.05, 0.1) is 18.3 Å². The van der Waals surface area contributed by atoms with E-state index >= 15 is 0 Å². The minimum absolute atomic E-state index is 0.0163. The van der Waals surface area contributed by atoms with Gasteiger partial charge in [-0.05, 0) is 80.4 Å². The van der Waals surface area contributed by atoms with E-state index in [2.05, 4.69) is 20.5 Å². The number of amides is 2. The second kappa shape index (κ2) is 13.5. The van der Waals surface area contributed by atoms with Crippen LogP contribution in [-0.2, 0) is 11.8 Å². The molecule has 0 saturated carbocycles. The van der Waals surface area contributed by atoms with Crippen molar-refractivity contribution in [1.82, 2.24) is 19.4 Å². The fourth-order valence-corrected chi connectivity index (χ4v) is 6.00. The van der Waals surface area contributed by atoms with Gasteiger partial charge in [-0.25, -0.2) is 4.98 Å². The number of rotatable bonds is 8. The molecule has 10 nitrogen and oxygen atoms in total. The average molecular weight is 607 g/mol. The fraction of sp³-hybridized carbons (Fsp3) is 0.314. The number of nitrogens with one attached hydrogen (secondary N) is 2. The molecule has 2 N–H and O–H groups in total. The highest BCUT2D eigenvalue weighted by Crippen LogP contribution is 2.30. The third-order valence-corrected chi connectivity index (χ3v) is 8.47. The van der Waals surface area contributed by atoms with Crippen molar-refractivity contribution < 1.29 is 14.3 Å². The molecular weight excluding hydrogens is 568 g/mol. The number of carbonyl (C=O) groups is 2. The van der Waals surface area contributed by atoms with Gasteiger partial charge in [0, 0.05) is 55.9 Å². The highest BCUT2D eigenvalue weighted by Gasteiger charge is 2.27. The number of benzene rings is 2. The van der Waals surface area contributed by atoms with E-state index in [-0.39, 0.29) is 23.5 Å². The van der Waals surface area contributed by atoms with Crippen LogP contribution in [0.5, 0.6) is 0 Å². The lowest BCUT2D eigenvalue weighted by molar-refractivity contribution is -0.0333. The minimum Gasteiger partial charge on any atom is -0.373 e. The third kappa shape index (κ3) is 6.97. The zero-order chi connectivity index (χ0) is 31.3. The Kier molecular flexibility index (Phi) is 9.04. The smallest absolute Gasteiger partial charge is 0.274 e. The zero-order valence-corrected chi connectivity index (χ0v) is 25.7. The molecule has 10 heteroatoms. The van der Waals surface area contributed by atoms with Crippen molar-refractivity contribution in [3.63, 3.8) is 0 Å². The number of carbonyl (C=O) groups excluding carboxylic acids is 2. The topological polar surface area (TPSA) is 109 Å². The molecule has 45 heavy (non-hydrogen) atoms. The first-order valence-electron chi connectivity index (χ1n) is 15.4. The molecule has 2 aromatic heterocycles. The van der Waals surface area contributed by atoms with E-state index in [1.807, 2.05) is 48.2 Å². The number of likely N-dealkylation sites (tertiary alicyclic amines) is 1. The maximum absolute atomic E-state index is 13.3. The Morgan fingerprint density at radius 1 is 0.956 bits per heavy atom. The summed E-state index contributed by atoms with van der Waals surface area (Å²) in [5.74, 6) is 0.189. The molecule has 2 aromatic carbocycles. The van der Waals surface area contributed by atoms with Crippen LogP contribution in [0.2, 0.25) is 0 Å². The van der Waals surface area contributed by atoms with Crippen LogP contribution in [0.25, 0.3) is 11.1 Å². The molecule has 4 aromatic rings. The van der Waals surface area contributed by atoms with Crippen molar-refractivity contribution in [2.24, 2.45) is 7.05 Å². The number of aryl methyl sites for hydroxylation is 1. The molecule has 2 aliphatic heterocycles. The first-order valence-corrected chi connectivity index (χ1v) is 15.4. The summed E-state index contributed by atoms with van der Waals surface area (Å²) < 4.78 is 7.46. The Bertz CT molecular complexity index is 1730.